The van der Waals surface area contributed by atoms with Gasteiger partial charge in [0.05, 0.1) is 17.6 Å². The van der Waals surface area contributed by atoms with E-state index in [9.17, 15) is 18.0 Å². The van der Waals surface area contributed by atoms with Gasteiger partial charge < -0.3 is 0 Å². The van der Waals surface area contributed by atoms with E-state index >= 15 is 0 Å². The van der Waals surface area contributed by atoms with Crippen LogP contribution in [0.1, 0.15) is 15.4 Å². The van der Waals surface area contributed by atoms with Gasteiger partial charge >= 0.3 is 0 Å². The lowest BCUT2D eigenvalue weighted by Gasteiger charge is -2.22. The third-order valence-corrected chi connectivity index (χ3v) is 6.70. The second kappa shape index (κ2) is 9.46. The molecule has 162 valence electrons. The monoisotopic (exact) mass is 478 g/mol. The first-order chi connectivity index (χ1) is 14.6. The van der Waals surface area contributed by atoms with E-state index in [4.69, 9.17) is 11.6 Å². The average Bonchev–Trinajstić information content (AvgIpc) is 3.12. The summed E-state index contributed by atoms with van der Waals surface area (Å²) in [5.74, 6) is -1.26. The normalized spacial score (nSPS) is 11.1. The molecule has 1 aromatic heterocycles. The molecule has 0 radical (unpaired) electrons. The lowest BCUT2D eigenvalue weighted by atomic mass is 10.2. The summed E-state index contributed by atoms with van der Waals surface area (Å²) in [5, 5.41) is 1.01. The van der Waals surface area contributed by atoms with Gasteiger partial charge in [-0.3, -0.25) is 24.7 Å². The lowest BCUT2D eigenvalue weighted by molar-refractivity contribution is -0.120. The number of carbonyl (C=O) groups is 2. The van der Waals surface area contributed by atoms with Crippen molar-refractivity contribution in [2.24, 2.45) is 0 Å². The molecule has 3 aromatic rings. The topological polar surface area (TPSA) is 108 Å². The number of aromatic nitrogens is 1. The van der Waals surface area contributed by atoms with E-state index in [1.807, 2.05) is 30.3 Å². The second-order valence-electron chi connectivity index (χ2n) is 6.55. The Balaban J connectivity index is 1.67. The number of halogens is 1. The summed E-state index contributed by atoms with van der Waals surface area (Å²) in [6.45, 7) is 1.17. The summed E-state index contributed by atoms with van der Waals surface area (Å²) in [6, 6.07) is 15.5. The number of benzene rings is 2. The fraction of sp³-hybridized carbons (Fsp3) is 0.150. The summed E-state index contributed by atoms with van der Waals surface area (Å²) < 4.78 is 25.2. The maximum atomic E-state index is 12.5. The second-order valence-corrected chi connectivity index (χ2v) is 9.89. The Labute approximate surface area is 188 Å². The third kappa shape index (κ3) is 5.81. The Hall–Kier alpha value is -2.95. The van der Waals surface area contributed by atoms with Crippen molar-refractivity contribution in [2.45, 2.75) is 6.92 Å². The maximum Gasteiger partial charge on any atom is 0.281 e. The van der Waals surface area contributed by atoms with Crippen LogP contribution >= 0.6 is 22.9 Å². The number of carbonyl (C=O) groups excluding carboxylic acids is 2. The Kier molecular flexibility index (Phi) is 6.94. The number of sulfonamides is 1. The maximum absolute atomic E-state index is 12.5. The third-order valence-electron chi connectivity index (χ3n) is 4.12. The Morgan fingerprint density at radius 3 is 2.45 bits per heavy atom. The molecule has 2 N–H and O–H groups in total. The molecular weight excluding hydrogens is 460 g/mol. The highest BCUT2D eigenvalue weighted by atomic mass is 35.5. The zero-order valence-corrected chi connectivity index (χ0v) is 19.0. The minimum atomic E-state index is -3.76. The molecule has 0 unspecified atom stereocenters. The van der Waals surface area contributed by atoms with Gasteiger partial charge in [0.1, 0.15) is 16.4 Å². The van der Waals surface area contributed by atoms with Crippen LogP contribution in [0.2, 0.25) is 5.02 Å². The molecule has 0 bridgehead atoms. The number of amides is 2. The minimum Gasteiger partial charge on any atom is -0.271 e. The van der Waals surface area contributed by atoms with E-state index in [2.05, 4.69) is 15.8 Å². The van der Waals surface area contributed by atoms with Crippen molar-refractivity contribution in [3.05, 3.63) is 70.2 Å². The highest BCUT2D eigenvalue weighted by Gasteiger charge is 2.22. The molecule has 0 fully saturated rings. The first kappa shape index (κ1) is 22.7. The molecule has 31 heavy (non-hydrogen) atoms. The summed E-state index contributed by atoms with van der Waals surface area (Å²) in [6.07, 6.45) is 0.978. The van der Waals surface area contributed by atoms with Gasteiger partial charge in [-0.25, -0.2) is 13.4 Å². The van der Waals surface area contributed by atoms with Crippen LogP contribution in [0.15, 0.2) is 54.6 Å². The van der Waals surface area contributed by atoms with Gasteiger partial charge in [-0.1, -0.05) is 48.0 Å². The molecule has 2 amide bonds. The SMILES string of the molecule is Cc1nc(-c2ccccc2)sc1C(=O)NNC(=O)CN(c1cccc(Cl)c1)S(C)(=O)=O. The van der Waals surface area contributed by atoms with Gasteiger partial charge in [-0.05, 0) is 25.1 Å². The van der Waals surface area contributed by atoms with Crippen molar-refractivity contribution < 1.29 is 18.0 Å². The Morgan fingerprint density at radius 2 is 1.81 bits per heavy atom. The van der Waals surface area contributed by atoms with Crippen LogP contribution in [-0.2, 0) is 14.8 Å². The zero-order valence-electron chi connectivity index (χ0n) is 16.6. The minimum absolute atomic E-state index is 0.238. The fourth-order valence-electron chi connectivity index (χ4n) is 2.70. The number of hydrogen-bond acceptors (Lipinski definition) is 6. The molecule has 0 aliphatic heterocycles. The van der Waals surface area contributed by atoms with Gasteiger partial charge in [-0.2, -0.15) is 0 Å². The zero-order chi connectivity index (χ0) is 22.6. The number of aryl methyl sites for hydroxylation is 1. The summed E-state index contributed by atoms with van der Waals surface area (Å²) in [4.78, 5) is 29.6. The highest BCUT2D eigenvalue weighted by Crippen LogP contribution is 2.27. The van der Waals surface area contributed by atoms with Crippen molar-refractivity contribution >= 4 is 50.5 Å². The van der Waals surface area contributed by atoms with Gasteiger partial charge in [-0.15, -0.1) is 11.3 Å². The molecule has 2 aromatic carbocycles. The first-order valence-corrected chi connectivity index (χ1v) is 12.0. The van der Waals surface area contributed by atoms with E-state index in [-0.39, 0.29) is 5.69 Å². The van der Waals surface area contributed by atoms with Gasteiger partial charge in [0.25, 0.3) is 11.8 Å². The van der Waals surface area contributed by atoms with Crippen LogP contribution in [-0.4, -0.2) is 38.0 Å². The average molecular weight is 479 g/mol. The van der Waals surface area contributed by atoms with Crippen LogP contribution in [0.3, 0.4) is 0 Å². The predicted molar refractivity (Wildman–Crippen MR) is 122 cm³/mol. The van der Waals surface area contributed by atoms with Crippen LogP contribution in [0.4, 0.5) is 5.69 Å². The number of hydrogen-bond donors (Lipinski definition) is 2. The van der Waals surface area contributed by atoms with Crippen LogP contribution in [0.5, 0.6) is 0 Å². The number of thiazole rings is 1. The highest BCUT2D eigenvalue weighted by molar-refractivity contribution is 7.92. The molecule has 0 atom stereocenters. The molecule has 0 aliphatic rings. The van der Waals surface area contributed by atoms with Crippen LogP contribution in [0.25, 0.3) is 10.6 Å². The Bertz CT molecular complexity index is 1210. The number of nitrogens with zero attached hydrogens (tertiary/aromatic N) is 2. The molecule has 8 nitrogen and oxygen atoms in total. The van der Waals surface area contributed by atoms with Crippen LogP contribution in [0, 0.1) is 6.92 Å². The van der Waals surface area contributed by atoms with Crippen molar-refractivity contribution in [1.29, 1.82) is 0 Å². The molecular formula is C20H19ClN4O4S2. The van der Waals surface area contributed by atoms with Gasteiger partial charge in [0.2, 0.25) is 10.0 Å². The summed E-state index contributed by atoms with van der Waals surface area (Å²) in [7, 11) is -3.76. The van der Waals surface area contributed by atoms with Gasteiger partial charge in [0.15, 0.2) is 0 Å². The fourth-order valence-corrected chi connectivity index (χ4v) is 4.70. The van der Waals surface area contributed by atoms with Crippen molar-refractivity contribution in [3.8, 4) is 10.6 Å². The molecule has 0 spiro atoms. The first-order valence-electron chi connectivity index (χ1n) is 9.00. The van der Waals surface area contributed by atoms with Gasteiger partial charge in [0, 0.05) is 10.6 Å². The molecule has 3 rings (SSSR count). The largest absolute Gasteiger partial charge is 0.281 e. The van der Waals surface area contributed by atoms with Crippen LogP contribution < -0.4 is 15.2 Å². The van der Waals surface area contributed by atoms with E-state index in [1.165, 1.54) is 23.5 Å². The Morgan fingerprint density at radius 1 is 1.10 bits per heavy atom. The molecule has 0 aliphatic carbocycles. The van der Waals surface area contributed by atoms with E-state index in [1.54, 1.807) is 19.1 Å². The number of rotatable bonds is 6. The van der Waals surface area contributed by atoms with E-state index in [0.717, 1.165) is 16.1 Å². The lowest BCUT2D eigenvalue weighted by Crippen LogP contribution is -2.47. The molecule has 1 heterocycles. The van der Waals surface area contributed by atoms with Crippen molar-refractivity contribution in [3.63, 3.8) is 0 Å². The number of anilines is 1. The molecule has 0 saturated carbocycles. The molecule has 11 heteroatoms. The number of nitrogens with one attached hydrogen (secondary N) is 2. The summed E-state index contributed by atoms with van der Waals surface area (Å²) >= 11 is 7.12. The van der Waals surface area contributed by atoms with Crippen molar-refractivity contribution in [1.82, 2.24) is 15.8 Å². The smallest absolute Gasteiger partial charge is 0.271 e. The quantitative estimate of drug-likeness (QED) is 0.529. The molecule has 0 saturated heterocycles. The van der Waals surface area contributed by atoms with E-state index < -0.39 is 28.4 Å². The van der Waals surface area contributed by atoms with Crippen molar-refractivity contribution in [2.75, 3.05) is 17.1 Å². The predicted octanol–water partition coefficient (Wildman–Crippen LogP) is 3.00. The number of hydrazine groups is 1. The van der Waals surface area contributed by atoms with E-state index in [0.29, 0.717) is 20.6 Å². The summed E-state index contributed by atoms with van der Waals surface area (Å²) in [5.41, 5.74) is 6.19. The standard InChI is InChI=1S/C20H19ClN4O4S2/c1-13-18(30-20(22-13)14-7-4-3-5-8-14)19(27)24-23-17(26)12-25(31(2,28)29)16-10-6-9-15(21)11-16/h3-11H,12H2,1-2H3,(H,23,26)(H,24,27).